The highest BCUT2D eigenvalue weighted by Crippen LogP contribution is 2.48. The monoisotopic (exact) mass is 404 g/mol. The summed E-state index contributed by atoms with van der Waals surface area (Å²) in [5.74, 6) is 2.42. The largest absolute Gasteiger partial charge is 0.361 e. The van der Waals surface area contributed by atoms with Gasteiger partial charge in [0.1, 0.15) is 5.76 Å². The van der Waals surface area contributed by atoms with E-state index in [1.807, 2.05) is 13.8 Å². The van der Waals surface area contributed by atoms with E-state index in [1.165, 1.54) is 24.8 Å². The summed E-state index contributed by atoms with van der Waals surface area (Å²) in [6.07, 6.45) is 3.59. The van der Waals surface area contributed by atoms with Crippen molar-refractivity contribution in [1.82, 2.24) is 15.0 Å². The number of fused-ring (bicyclic) bond motifs is 2. The summed E-state index contributed by atoms with van der Waals surface area (Å²) in [7, 11) is 0. The van der Waals surface area contributed by atoms with E-state index < -0.39 is 0 Å². The lowest BCUT2D eigenvalue weighted by Crippen LogP contribution is -2.53. The molecule has 6 nitrogen and oxygen atoms in total. The zero-order chi connectivity index (χ0) is 16.8. The van der Waals surface area contributed by atoms with Crippen LogP contribution in [-0.2, 0) is 11.3 Å². The topological polar surface area (TPSA) is 75.6 Å². The van der Waals surface area contributed by atoms with Crippen LogP contribution in [0.3, 0.4) is 0 Å². The molecular formula is C18H30Cl2N4O2. The van der Waals surface area contributed by atoms with Crippen molar-refractivity contribution >= 4 is 30.7 Å². The average Bonchev–Trinajstić information content (AvgIpc) is 3.26. The third-order valence-corrected chi connectivity index (χ3v) is 6.51. The Morgan fingerprint density at radius 3 is 2.35 bits per heavy atom. The van der Waals surface area contributed by atoms with E-state index >= 15 is 0 Å². The first-order valence-corrected chi connectivity index (χ1v) is 9.23. The summed E-state index contributed by atoms with van der Waals surface area (Å²) in [5.41, 5.74) is 8.50. The van der Waals surface area contributed by atoms with Gasteiger partial charge in [0.25, 0.3) is 0 Å². The van der Waals surface area contributed by atoms with Crippen LogP contribution in [0.4, 0.5) is 0 Å². The number of aromatic nitrogens is 1. The first-order chi connectivity index (χ1) is 11.5. The molecule has 2 saturated carbocycles. The SMILES string of the molecule is Cc1noc(C)c1CN1CCN(C(=O)C2C3CCC(C3)C2N)CC1.Cl.Cl. The normalized spacial score (nSPS) is 30.8. The summed E-state index contributed by atoms with van der Waals surface area (Å²) in [4.78, 5) is 17.4. The van der Waals surface area contributed by atoms with Crippen LogP contribution < -0.4 is 5.73 Å². The quantitative estimate of drug-likeness (QED) is 0.834. The molecule has 4 rings (SSSR count). The number of nitrogens with zero attached hydrogens (tertiary/aromatic N) is 3. The summed E-state index contributed by atoms with van der Waals surface area (Å²) < 4.78 is 5.25. The van der Waals surface area contributed by atoms with Crippen molar-refractivity contribution < 1.29 is 9.32 Å². The molecule has 2 aliphatic carbocycles. The molecule has 148 valence electrons. The fraction of sp³-hybridized carbons (Fsp3) is 0.778. The number of carbonyl (C=O) groups is 1. The van der Waals surface area contributed by atoms with Crippen LogP contribution in [0.5, 0.6) is 0 Å². The van der Waals surface area contributed by atoms with Gasteiger partial charge in [0, 0.05) is 44.3 Å². The molecule has 3 aliphatic rings. The van der Waals surface area contributed by atoms with Crippen LogP contribution in [0.1, 0.15) is 36.3 Å². The minimum Gasteiger partial charge on any atom is -0.361 e. The molecule has 4 atom stereocenters. The Balaban J connectivity index is 0.00000121. The van der Waals surface area contributed by atoms with Crippen LogP contribution in [0.15, 0.2) is 4.52 Å². The number of carbonyl (C=O) groups excluding carboxylic acids is 1. The number of piperazine rings is 1. The van der Waals surface area contributed by atoms with Crippen LogP contribution in [-0.4, -0.2) is 53.1 Å². The van der Waals surface area contributed by atoms with E-state index in [4.69, 9.17) is 10.3 Å². The Morgan fingerprint density at radius 2 is 1.81 bits per heavy atom. The van der Waals surface area contributed by atoms with Crippen LogP contribution in [0.2, 0.25) is 0 Å². The average molecular weight is 405 g/mol. The summed E-state index contributed by atoms with van der Waals surface area (Å²) in [6.45, 7) is 8.24. The van der Waals surface area contributed by atoms with E-state index in [-0.39, 0.29) is 36.8 Å². The van der Waals surface area contributed by atoms with Gasteiger partial charge in [-0.1, -0.05) is 5.16 Å². The second kappa shape index (κ2) is 8.46. The van der Waals surface area contributed by atoms with Gasteiger partial charge in [-0.2, -0.15) is 0 Å². The Hall–Kier alpha value is -0.820. The summed E-state index contributed by atoms with van der Waals surface area (Å²) >= 11 is 0. The molecule has 1 aromatic heterocycles. The molecular weight excluding hydrogens is 375 g/mol. The lowest BCUT2D eigenvalue weighted by atomic mass is 9.84. The molecule has 0 aromatic carbocycles. The molecule has 1 amide bonds. The highest BCUT2D eigenvalue weighted by molar-refractivity contribution is 5.85. The highest BCUT2D eigenvalue weighted by atomic mass is 35.5. The molecule has 0 spiro atoms. The minimum absolute atomic E-state index is 0. The van der Waals surface area contributed by atoms with Crippen LogP contribution in [0, 0.1) is 31.6 Å². The molecule has 26 heavy (non-hydrogen) atoms. The molecule has 2 heterocycles. The number of nitrogens with two attached hydrogens (primary N) is 1. The molecule has 1 saturated heterocycles. The molecule has 2 bridgehead atoms. The molecule has 0 radical (unpaired) electrons. The third-order valence-electron chi connectivity index (χ3n) is 6.51. The van der Waals surface area contributed by atoms with Gasteiger partial charge >= 0.3 is 0 Å². The number of hydrogen-bond donors (Lipinski definition) is 1. The summed E-state index contributed by atoms with van der Waals surface area (Å²) in [6, 6.07) is 0.0941. The Bertz CT molecular complexity index is 609. The van der Waals surface area contributed by atoms with Gasteiger partial charge in [-0.25, -0.2) is 0 Å². The Kier molecular flexibility index (Phi) is 6.99. The van der Waals surface area contributed by atoms with E-state index in [0.29, 0.717) is 17.7 Å². The van der Waals surface area contributed by atoms with Gasteiger partial charge in [0.05, 0.1) is 11.6 Å². The van der Waals surface area contributed by atoms with Gasteiger partial charge < -0.3 is 15.2 Å². The lowest BCUT2D eigenvalue weighted by Gasteiger charge is -2.38. The Morgan fingerprint density at radius 1 is 1.15 bits per heavy atom. The third kappa shape index (κ3) is 3.75. The van der Waals surface area contributed by atoms with Crippen molar-refractivity contribution in [2.45, 2.75) is 45.7 Å². The van der Waals surface area contributed by atoms with Gasteiger partial charge in [0.15, 0.2) is 0 Å². The van der Waals surface area contributed by atoms with Crippen molar-refractivity contribution in [1.29, 1.82) is 0 Å². The zero-order valence-corrected chi connectivity index (χ0v) is 17.2. The maximum Gasteiger partial charge on any atom is 0.227 e. The fourth-order valence-corrected chi connectivity index (χ4v) is 4.99. The smallest absolute Gasteiger partial charge is 0.227 e. The van der Waals surface area contributed by atoms with Crippen molar-refractivity contribution in [3.63, 3.8) is 0 Å². The number of halogens is 2. The first-order valence-electron chi connectivity index (χ1n) is 9.23. The maximum atomic E-state index is 12.9. The van der Waals surface area contributed by atoms with Crippen LogP contribution in [0.25, 0.3) is 0 Å². The minimum atomic E-state index is 0. The van der Waals surface area contributed by atoms with E-state index in [2.05, 4.69) is 15.0 Å². The number of amides is 1. The molecule has 4 unspecified atom stereocenters. The summed E-state index contributed by atoms with van der Waals surface area (Å²) in [5, 5.41) is 4.03. The van der Waals surface area contributed by atoms with Crippen molar-refractivity contribution in [2.75, 3.05) is 26.2 Å². The van der Waals surface area contributed by atoms with Crippen molar-refractivity contribution in [3.05, 3.63) is 17.0 Å². The van der Waals surface area contributed by atoms with Crippen molar-refractivity contribution in [3.8, 4) is 0 Å². The molecule has 3 fully saturated rings. The standard InChI is InChI=1S/C18H28N4O2.2ClH/c1-11-15(12(2)24-20-11)10-21-5-7-22(8-6-21)18(23)16-13-3-4-14(9-13)17(16)19;;/h13-14,16-17H,3-10,19H2,1-2H3;2*1H. The highest BCUT2D eigenvalue weighted by Gasteiger charge is 2.50. The van der Waals surface area contributed by atoms with E-state index in [1.54, 1.807) is 0 Å². The molecule has 8 heteroatoms. The lowest BCUT2D eigenvalue weighted by molar-refractivity contribution is -0.139. The molecule has 1 aliphatic heterocycles. The second-order valence-corrected chi connectivity index (χ2v) is 7.84. The number of rotatable bonds is 3. The van der Waals surface area contributed by atoms with Gasteiger partial charge in [-0.05, 0) is 44.9 Å². The predicted octanol–water partition coefficient (Wildman–Crippen LogP) is 2.15. The van der Waals surface area contributed by atoms with Crippen molar-refractivity contribution in [2.24, 2.45) is 23.5 Å². The van der Waals surface area contributed by atoms with Gasteiger partial charge in [-0.3, -0.25) is 9.69 Å². The number of aryl methyl sites for hydroxylation is 2. The van der Waals surface area contributed by atoms with Gasteiger partial charge in [0.2, 0.25) is 5.91 Å². The number of hydrogen-bond acceptors (Lipinski definition) is 5. The Labute approximate surface area is 167 Å². The molecule has 1 aromatic rings. The molecule has 2 N–H and O–H groups in total. The predicted molar refractivity (Wildman–Crippen MR) is 105 cm³/mol. The van der Waals surface area contributed by atoms with Crippen LogP contribution >= 0.6 is 24.8 Å². The van der Waals surface area contributed by atoms with E-state index in [0.717, 1.165) is 44.2 Å². The second-order valence-electron chi connectivity index (χ2n) is 7.84. The fourth-order valence-electron chi connectivity index (χ4n) is 4.99. The first kappa shape index (κ1) is 21.5. The zero-order valence-electron chi connectivity index (χ0n) is 15.5. The maximum absolute atomic E-state index is 12.9. The van der Waals surface area contributed by atoms with E-state index in [9.17, 15) is 4.79 Å². The van der Waals surface area contributed by atoms with Gasteiger partial charge in [-0.15, -0.1) is 24.8 Å².